The van der Waals surface area contributed by atoms with E-state index in [1.807, 2.05) is 37.5 Å². The molecule has 3 heteroatoms. The number of hydrogen-bond donors (Lipinski definition) is 2. The maximum atomic E-state index is 5.89. The Hall–Kier alpha value is -1.90. The molecule has 0 amide bonds. The predicted molar refractivity (Wildman–Crippen MR) is 63.5 cm³/mol. The zero-order chi connectivity index (χ0) is 10.8. The minimum atomic E-state index is 0.758. The maximum Gasteiger partial charge on any atom is 0.0352 e. The van der Waals surface area contributed by atoms with Crippen molar-refractivity contribution in [3.8, 4) is 0 Å². The van der Waals surface area contributed by atoms with Crippen LogP contribution in [0.25, 0.3) is 0 Å². The third-order valence-electron chi connectivity index (χ3n) is 2.59. The van der Waals surface area contributed by atoms with Crippen LogP contribution in [0.4, 0.5) is 11.4 Å². The number of nitrogens with two attached hydrogens (primary N) is 2. The summed E-state index contributed by atoms with van der Waals surface area (Å²) in [4.78, 5) is 0. The number of rotatable bonds is 2. The molecule has 3 nitrogen and oxygen atoms in total. The Bertz CT molecular complexity index is 471. The van der Waals surface area contributed by atoms with Crippen molar-refractivity contribution >= 4 is 11.4 Å². The first-order valence-electron chi connectivity index (χ1n) is 4.91. The van der Waals surface area contributed by atoms with Crippen molar-refractivity contribution < 1.29 is 0 Å². The summed E-state index contributed by atoms with van der Waals surface area (Å²) in [6, 6.07) is 9.72. The summed E-state index contributed by atoms with van der Waals surface area (Å²) < 4.78 is 2.09. The standard InChI is InChI=1S/C12H15N3/c1-15-6-2-3-11(15)8-9-7-10(13)4-5-12(9)14/h2-7H,8,13-14H2,1H3. The van der Waals surface area contributed by atoms with Crippen LogP contribution in [0, 0.1) is 0 Å². The van der Waals surface area contributed by atoms with E-state index in [9.17, 15) is 0 Å². The van der Waals surface area contributed by atoms with Crippen LogP contribution in [-0.4, -0.2) is 4.57 Å². The highest BCUT2D eigenvalue weighted by Crippen LogP contribution is 2.19. The number of hydrogen-bond acceptors (Lipinski definition) is 2. The summed E-state index contributed by atoms with van der Waals surface area (Å²) in [5, 5.41) is 0. The average molecular weight is 201 g/mol. The van der Waals surface area contributed by atoms with Gasteiger partial charge in [0.25, 0.3) is 0 Å². The smallest absolute Gasteiger partial charge is 0.0352 e. The zero-order valence-electron chi connectivity index (χ0n) is 8.77. The first-order valence-corrected chi connectivity index (χ1v) is 4.91. The third kappa shape index (κ3) is 1.96. The summed E-state index contributed by atoms with van der Waals surface area (Å²) in [6.45, 7) is 0. The van der Waals surface area contributed by atoms with Crippen LogP contribution < -0.4 is 11.5 Å². The topological polar surface area (TPSA) is 57.0 Å². The molecule has 0 aliphatic rings. The van der Waals surface area contributed by atoms with Crippen LogP contribution in [0.5, 0.6) is 0 Å². The van der Waals surface area contributed by atoms with E-state index >= 15 is 0 Å². The van der Waals surface area contributed by atoms with Gasteiger partial charge in [-0.3, -0.25) is 0 Å². The number of aryl methyl sites for hydroxylation is 1. The molecule has 2 rings (SSSR count). The molecule has 0 aliphatic carbocycles. The number of aromatic nitrogens is 1. The minimum absolute atomic E-state index is 0.758. The quantitative estimate of drug-likeness (QED) is 0.728. The average Bonchev–Trinajstić information content (AvgIpc) is 2.58. The monoisotopic (exact) mass is 201 g/mol. The molecule has 4 N–H and O–H groups in total. The molecule has 0 aliphatic heterocycles. The van der Waals surface area contributed by atoms with Crippen molar-refractivity contribution in [2.75, 3.05) is 11.5 Å². The Morgan fingerprint density at radius 3 is 2.67 bits per heavy atom. The molecule has 0 radical (unpaired) electrons. The minimum Gasteiger partial charge on any atom is -0.399 e. The van der Waals surface area contributed by atoms with Crippen LogP contribution in [-0.2, 0) is 13.5 Å². The van der Waals surface area contributed by atoms with Crippen molar-refractivity contribution in [3.05, 3.63) is 47.8 Å². The second-order valence-electron chi connectivity index (χ2n) is 3.75. The fourth-order valence-electron chi connectivity index (χ4n) is 1.65. The number of nitrogen functional groups attached to an aromatic ring is 2. The highest BCUT2D eigenvalue weighted by atomic mass is 14.9. The molecule has 0 fully saturated rings. The van der Waals surface area contributed by atoms with Crippen molar-refractivity contribution in [1.82, 2.24) is 4.57 Å². The highest BCUT2D eigenvalue weighted by molar-refractivity contribution is 5.56. The molecule has 0 saturated carbocycles. The van der Waals surface area contributed by atoms with Gasteiger partial charge in [0.05, 0.1) is 0 Å². The van der Waals surface area contributed by atoms with Gasteiger partial charge in [-0.1, -0.05) is 0 Å². The summed E-state index contributed by atoms with van der Waals surface area (Å²) in [5.41, 5.74) is 15.5. The molecule has 1 aromatic heterocycles. The molecule has 0 atom stereocenters. The molecular weight excluding hydrogens is 186 g/mol. The Balaban J connectivity index is 2.32. The molecule has 1 heterocycles. The Morgan fingerprint density at radius 2 is 2.00 bits per heavy atom. The first kappa shape index (κ1) is 9.65. The summed E-state index contributed by atoms with van der Waals surface area (Å²) in [5.74, 6) is 0. The Kier molecular flexibility index (Phi) is 2.37. The molecule has 1 aromatic carbocycles. The van der Waals surface area contributed by atoms with Gasteiger partial charge in [-0.25, -0.2) is 0 Å². The van der Waals surface area contributed by atoms with Crippen molar-refractivity contribution in [3.63, 3.8) is 0 Å². The first-order chi connectivity index (χ1) is 7.16. The van der Waals surface area contributed by atoms with Crippen LogP contribution in [0.15, 0.2) is 36.5 Å². The molecule has 0 bridgehead atoms. The number of benzene rings is 1. The van der Waals surface area contributed by atoms with Gasteiger partial charge in [-0.15, -0.1) is 0 Å². The van der Waals surface area contributed by atoms with E-state index in [-0.39, 0.29) is 0 Å². The molecule has 2 aromatic rings. The van der Waals surface area contributed by atoms with Gasteiger partial charge >= 0.3 is 0 Å². The maximum absolute atomic E-state index is 5.89. The van der Waals surface area contributed by atoms with Crippen LogP contribution in [0.3, 0.4) is 0 Å². The van der Waals surface area contributed by atoms with E-state index in [2.05, 4.69) is 10.6 Å². The van der Waals surface area contributed by atoms with Crippen LogP contribution >= 0.6 is 0 Å². The van der Waals surface area contributed by atoms with E-state index in [4.69, 9.17) is 11.5 Å². The van der Waals surface area contributed by atoms with E-state index < -0.39 is 0 Å². The van der Waals surface area contributed by atoms with Crippen LogP contribution in [0.2, 0.25) is 0 Å². The second kappa shape index (κ2) is 3.69. The SMILES string of the molecule is Cn1cccc1Cc1cc(N)ccc1N. The Morgan fingerprint density at radius 1 is 1.20 bits per heavy atom. The van der Waals surface area contributed by atoms with E-state index in [0.717, 1.165) is 23.4 Å². The van der Waals surface area contributed by atoms with Crippen molar-refractivity contribution in [2.45, 2.75) is 6.42 Å². The fraction of sp³-hybridized carbons (Fsp3) is 0.167. The molecule has 0 spiro atoms. The van der Waals surface area contributed by atoms with Gasteiger partial charge in [-0.2, -0.15) is 0 Å². The van der Waals surface area contributed by atoms with Crippen molar-refractivity contribution in [1.29, 1.82) is 0 Å². The number of anilines is 2. The van der Waals surface area contributed by atoms with E-state index in [0.29, 0.717) is 0 Å². The van der Waals surface area contributed by atoms with Gasteiger partial charge in [-0.05, 0) is 35.9 Å². The van der Waals surface area contributed by atoms with E-state index in [1.54, 1.807) is 0 Å². The largest absolute Gasteiger partial charge is 0.399 e. The van der Waals surface area contributed by atoms with Gasteiger partial charge in [0, 0.05) is 36.7 Å². The Labute approximate surface area is 89.3 Å². The lowest BCUT2D eigenvalue weighted by Gasteiger charge is -2.07. The third-order valence-corrected chi connectivity index (χ3v) is 2.59. The lowest BCUT2D eigenvalue weighted by Crippen LogP contribution is -2.01. The molecule has 15 heavy (non-hydrogen) atoms. The van der Waals surface area contributed by atoms with Crippen LogP contribution in [0.1, 0.15) is 11.3 Å². The summed E-state index contributed by atoms with van der Waals surface area (Å²) in [7, 11) is 2.03. The zero-order valence-corrected chi connectivity index (χ0v) is 8.77. The fourth-order valence-corrected chi connectivity index (χ4v) is 1.65. The predicted octanol–water partition coefficient (Wildman–Crippen LogP) is 1.78. The van der Waals surface area contributed by atoms with E-state index in [1.165, 1.54) is 5.69 Å². The van der Waals surface area contributed by atoms with Gasteiger partial charge in [0.1, 0.15) is 0 Å². The van der Waals surface area contributed by atoms with Gasteiger partial charge in [0.2, 0.25) is 0 Å². The second-order valence-corrected chi connectivity index (χ2v) is 3.75. The van der Waals surface area contributed by atoms with Gasteiger partial charge in [0.15, 0.2) is 0 Å². The van der Waals surface area contributed by atoms with Gasteiger partial charge < -0.3 is 16.0 Å². The number of nitrogens with zero attached hydrogens (tertiary/aromatic N) is 1. The lowest BCUT2D eigenvalue weighted by atomic mass is 10.1. The lowest BCUT2D eigenvalue weighted by molar-refractivity contribution is 0.851. The summed E-state index contributed by atoms with van der Waals surface area (Å²) >= 11 is 0. The highest BCUT2D eigenvalue weighted by Gasteiger charge is 2.03. The molecular formula is C12H15N3. The molecule has 0 unspecified atom stereocenters. The normalized spacial score (nSPS) is 10.5. The molecule has 0 saturated heterocycles. The summed E-state index contributed by atoms with van der Waals surface area (Å²) in [6.07, 6.45) is 2.85. The van der Waals surface area contributed by atoms with Crippen molar-refractivity contribution in [2.24, 2.45) is 7.05 Å². The molecule has 78 valence electrons.